The molecule has 4 nitrogen and oxygen atoms in total. The zero-order valence-electron chi connectivity index (χ0n) is 15.7. The van der Waals surface area contributed by atoms with Gasteiger partial charge in [0.25, 0.3) is 0 Å². The minimum atomic E-state index is -0.255. The van der Waals surface area contributed by atoms with Crippen LogP contribution < -0.4 is 0 Å². The second-order valence-electron chi connectivity index (χ2n) is 8.19. The van der Waals surface area contributed by atoms with E-state index in [0.717, 1.165) is 58.4 Å². The highest BCUT2D eigenvalue weighted by atomic mass is 16.3. The van der Waals surface area contributed by atoms with Gasteiger partial charge in [0.05, 0.1) is 6.10 Å². The van der Waals surface area contributed by atoms with Crippen molar-refractivity contribution in [1.29, 1.82) is 0 Å². The number of carbonyl (C=O) groups excluding carboxylic acids is 1. The maximum atomic E-state index is 13.1. The minimum absolute atomic E-state index is 0.217. The predicted octanol–water partition coefficient (Wildman–Crippen LogP) is 2.91. The molecule has 1 N–H and O–H groups in total. The van der Waals surface area contributed by atoms with Gasteiger partial charge in [0, 0.05) is 25.0 Å². The zero-order chi connectivity index (χ0) is 17.9. The molecule has 2 saturated heterocycles. The average Bonchev–Trinajstić information content (AvgIpc) is 2.64. The van der Waals surface area contributed by atoms with Crippen LogP contribution in [0.2, 0.25) is 0 Å². The van der Waals surface area contributed by atoms with Crippen molar-refractivity contribution in [2.24, 2.45) is 11.3 Å². The summed E-state index contributed by atoms with van der Waals surface area (Å²) < 4.78 is 0. The summed E-state index contributed by atoms with van der Waals surface area (Å²) in [5, 5.41) is 9.74. The van der Waals surface area contributed by atoms with Crippen LogP contribution in [-0.4, -0.2) is 53.1 Å². The van der Waals surface area contributed by atoms with Crippen molar-refractivity contribution in [3.63, 3.8) is 0 Å². The summed E-state index contributed by atoms with van der Waals surface area (Å²) in [5.74, 6) is 0.681. The molecule has 25 heavy (non-hydrogen) atoms. The number of piperidine rings is 2. The van der Waals surface area contributed by atoms with E-state index < -0.39 is 0 Å². The maximum Gasteiger partial charge on any atom is 0.228 e. The summed E-state index contributed by atoms with van der Waals surface area (Å²) >= 11 is 0. The van der Waals surface area contributed by atoms with Crippen molar-refractivity contribution in [2.45, 2.75) is 52.2 Å². The van der Waals surface area contributed by atoms with Gasteiger partial charge in [-0.3, -0.25) is 9.69 Å². The second-order valence-corrected chi connectivity index (χ2v) is 8.19. The summed E-state index contributed by atoms with van der Waals surface area (Å²) in [6.07, 6.45) is 3.48. The highest BCUT2D eigenvalue weighted by Crippen LogP contribution is 2.35. The van der Waals surface area contributed by atoms with E-state index in [1.54, 1.807) is 0 Å². The Morgan fingerprint density at radius 1 is 1.16 bits per heavy atom. The fraction of sp³-hybridized carbons (Fsp3) is 0.667. The summed E-state index contributed by atoms with van der Waals surface area (Å²) in [4.78, 5) is 17.6. The van der Waals surface area contributed by atoms with Crippen LogP contribution in [0.25, 0.3) is 0 Å². The molecule has 4 heteroatoms. The van der Waals surface area contributed by atoms with Crippen molar-refractivity contribution in [3.8, 4) is 0 Å². The Balaban J connectivity index is 1.51. The molecule has 0 aromatic heterocycles. The number of benzene rings is 1. The molecule has 138 valence electrons. The molecule has 2 heterocycles. The van der Waals surface area contributed by atoms with Crippen LogP contribution in [0.5, 0.6) is 0 Å². The number of nitrogens with zero attached hydrogens (tertiary/aromatic N) is 2. The summed E-state index contributed by atoms with van der Waals surface area (Å²) in [6.45, 7) is 8.57. The van der Waals surface area contributed by atoms with Crippen molar-refractivity contribution in [2.75, 3.05) is 26.2 Å². The number of carbonyl (C=O) groups is 1. The minimum Gasteiger partial charge on any atom is -0.393 e. The molecule has 1 amide bonds. The lowest BCUT2D eigenvalue weighted by Crippen LogP contribution is -2.51. The van der Waals surface area contributed by atoms with Gasteiger partial charge in [-0.2, -0.15) is 0 Å². The van der Waals surface area contributed by atoms with E-state index in [9.17, 15) is 9.90 Å². The first-order chi connectivity index (χ1) is 12.0. The van der Waals surface area contributed by atoms with Gasteiger partial charge < -0.3 is 10.0 Å². The van der Waals surface area contributed by atoms with E-state index in [4.69, 9.17) is 0 Å². The number of hydrogen-bond acceptors (Lipinski definition) is 3. The van der Waals surface area contributed by atoms with E-state index in [2.05, 4.69) is 42.2 Å². The van der Waals surface area contributed by atoms with Crippen LogP contribution in [0.3, 0.4) is 0 Å². The third-order valence-corrected chi connectivity index (χ3v) is 6.23. The van der Waals surface area contributed by atoms with Crippen LogP contribution in [0.15, 0.2) is 30.3 Å². The Labute approximate surface area is 151 Å². The number of amides is 1. The van der Waals surface area contributed by atoms with Crippen LogP contribution in [-0.2, 0) is 11.3 Å². The molecule has 2 aliphatic heterocycles. The molecular formula is C21H32N2O2. The lowest BCUT2D eigenvalue weighted by molar-refractivity contribution is -0.146. The first kappa shape index (κ1) is 18.4. The number of likely N-dealkylation sites (tertiary alicyclic amines) is 2. The fourth-order valence-corrected chi connectivity index (χ4v) is 4.23. The van der Waals surface area contributed by atoms with Gasteiger partial charge in [-0.05, 0) is 57.2 Å². The molecule has 0 bridgehead atoms. The molecule has 0 aliphatic carbocycles. The SMILES string of the molecule is CC(O)C1CCN(C(=O)C2(C)CCN(Cc3ccccc3)CC2)CC1. The van der Waals surface area contributed by atoms with Gasteiger partial charge in [-0.15, -0.1) is 0 Å². The topological polar surface area (TPSA) is 43.8 Å². The van der Waals surface area contributed by atoms with Gasteiger partial charge in [0.2, 0.25) is 5.91 Å². The Morgan fingerprint density at radius 3 is 2.32 bits per heavy atom. The summed E-state index contributed by atoms with van der Waals surface area (Å²) in [7, 11) is 0. The van der Waals surface area contributed by atoms with Crippen LogP contribution in [0.1, 0.15) is 45.1 Å². The van der Waals surface area contributed by atoms with Crippen LogP contribution in [0.4, 0.5) is 0 Å². The van der Waals surface area contributed by atoms with Crippen molar-refractivity contribution >= 4 is 5.91 Å². The number of aliphatic hydroxyl groups is 1. The van der Waals surface area contributed by atoms with Crippen LogP contribution in [0, 0.1) is 11.3 Å². The number of aliphatic hydroxyl groups excluding tert-OH is 1. The van der Waals surface area contributed by atoms with Crippen molar-refractivity contribution in [1.82, 2.24) is 9.80 Å². The van der Waals surface area contributed by atoms with Gasteiger partial charge in [-0.1, -0.05) is 37.3 Å². The van der Waals surface area contributed by atoms with Crippen molar-refractivity contribution in [3.05, 3.63) is 35.9 Å². The van der Waals surface area contributed by atoms with E-state index in [-0.39, 0.29) is 11.5 Å². The van der Waals surface area contributed by atoms with Crippen LogP contribution >= 0.6 is 0 Å². The van der Waals surface area contributed by atoms with Gasteiger partial charge in [0.1, 0.15) is 0 Å². The van der Waals surface area contributed by atoms with E-state index in [1.807, 2.05) is 11.8 Å². The molecule has 0 radical (unpaired) electrons. The average molecular weight is 344 g/mol. The molecule has 2 fully saturated rings. The highest BCUT2D eigenvalue weighted by molar-refractivity contribution is 5.82. The first-order valence-electron chi connectivity index (χ1n) is 9.72. The van der Waals surface area contributed by atoms with Gasteiger partial charge in [-0.25, -0.2) is 0 Å². The zero-order valence-corrected chi connectivity index (χ0v) is 15.7. The molecule has 1 aromatic carbocycles. The monoisotopic (exact) mass is 344 g/mol. The molecule has 1 unspecified atom stereocenters. The third kappa shape index (κ3) is 4.42. The Kier molecular flexibility index (Phi) is 5.80. The lowest BCUT2D eigenvalue weighted by atomic mass is 9.78. The number of rotatable bonds is 4. The standard InChI is InChI=1S/C21H32N2O2/c1-17(24)19-8-12-23(13-9-19)20(25)21(2)10-14-22(15-11-21)16-18-6-4-3-5-7-18/h3-7,17,19,24H,8-16H2,1-2H3. The molecule has 1 aromatic rings. The highest BCUT2D eigenvalue weighted by Gasteiger charge is 2.40. The number of hydrogen-bond donors (Lipinski definition) is 1. The normalized spacial score (nSPS) is 23.4. The third-order valence-electron chi connectivity index (χ3n) is 6.23. The van der Waals surface area contributed by atoms with E-state index >= 15 is 0 Å². The van der Waals surface area contributed by atoms with Gasteiger partial charge >= 0.3 is 0 Å². The second kappa shape index (κ2) is 7.88. The van der Waals surface area contributed by atoms with Gasteiger partial charge in [0.15, 0.2) is 0 Å². The largest absolute Gasteiger partial charge is 0.393 e. The predicted molar refractivity (Wildman–Crippen MR) is 100 cm³/mol. The smallest absolute Gasteiger partial charge is 0.228 e. The fourth-order valence-electron chi connectivity index (χ4n) is 4.23. The quantitative estimate of drug-likeness (QED) is 0.913. The lowest BCUT2D eigenvalue weighted by Gasteiger charge is -2.43. The van der Waals surface area contributed by atoms with E-state index in [0.29, 0.717) is 11.8 Å². The summed E-state index contributed by atoms with van der Waals surface area (Å²) in [6, 6.07) is 10.6. The summed E-state index contributed by atoms with van der Waals surface area (Å²) in [5.41, 5.74) is 1.13. The maximum absolute atomic E-state index is 13.1. The molecule has 3 rings (SSSR count). The molecule has 2 aliphatic rings. The van der Waals surface area contributed by atoms with Crippen molar-refractivity contribution < 1.29 is 9.90 Å². The first-order valence-corrected chi connectivity index (χ1v) is 9.72. The molecule has 0 spiro atoms. The Bertz CT molecular complexity index is 557. The Morgan fingerprint density at radius 2 is 1.76 bits per heavy atom. The molecule has 0 saturated carbocycles. The molecule has 1 atom stereocenters. The Hall–Kier alpha value is -1.39. The molecular weight excluding hydrogens is 312 g/mol. The van der Waals surface area contributed by atoms with E-state index in [1.165, 1.54) is 5.56 Å².